The van der Waals surface area contributed by atoms with Crippen molar-refractivity contribution in [1.82, 2.24) is 0 Å². The summed E-state index contributed by atoms with van der Waals surface area (Å²) in [6.45, 7) is 1.98. The van der Waals surface area contributed by atoms with Crippen LogP contribution < -0.4 is 0 Å². The van der Waals surface area contributed by atoms with Crippen LogP contribution in [-0.2, 0) is 21.1 Å². The first-order chi connectivity index (χ1) is 4.20. The van der Waals surface area contributed by atoms with E-state index in [4.69, 9.17) is 0 Å². The van der Waals surface area contributed by atoms with Crippen molar-refractivity contribution in [1.29, 1.82) is 0 Å². The molecule has 0 bridgehead atoms. The number of aryl methyl sites for hydroxylation is 1. The van der Waals surface area contributed by atoms with Gasteiger partial charge in [0, 0.05) is 21.1 Å². The number of hydrogen-bond donors (Lipinski definition) is 2. The zero-order valence-corrected chi connectivity index (χ0v) is 10.2. The molecule has 3 heteroatoms. The standard InChI is InChI=1S/C7H7S2.W/c1-5-2-3-6(8)7(9)4-5;/h2-3,8-9H,1H3;/q-1;. The van der Waals surface area contributed by atoms with Crippen molar-refractivity contribution in [2.24, 2.45) is 0 Å². The molecule has 0 aliphatic rings. The minimum Gasteiger partial charge on any atom is -0.212 e. The SMILES string of the molecule is Cc1[c-]c(S)c(S)cc1.[W]. The Morgan fingerprint density at radius 1 is 1.30 bits per heavy atom. The quantitative estimate of drug-likeness (QED) is 0.526. The molecule has 0 fully saturated rings. The van der Waals surface area contributed by atoms with Gasteiger partial charge in [-0.2, -0.15) is 36.4 Å². The fourth-order valence-corrected chi connectivity index (χ4v) is 0.957. The van der Waals surface area contributed by atoms with Crippen LogP contribution in [-0.4, -0.2) is 0 Å². The topological polar surface area (TPSA) is 0 Å². The number of rotatable bonds is 0. The molecule has 0 unspecified atom stereocenters. The molecular weight excluding hydrogens is 332 g/mol. The molecule has 1 aromatic carbocycles. The first-order valence-corrected chi connectivity index (χ1v) is 3.50. The predicted octanol–water partition coefficient (Wildman–Crippen LogP) is 2.37. The van der Waals surface area contributed by atoms with Crippen LogP contribution in [0.25, 0.3) is 0 Å². The third kappa shape index (κ3) is 2.69. The first-order valence-electron chi connectivity index (χ1n) is 2.61. The largest absolute Gasteiger partial charge is 0.212 e. The van der Waals surface area contributed by atoms with Gasteiger partial charge in [0.15, 0.2) is 0 Å². The fourth-order valence-electron chi connectivity index (χ4n) is 0.575. The Morgan fingerprint density at radius 2 is 1.90 bits per heavy atom. The molecular formula is C7H7S2W-. The Kier molecular flexibility index (Phi) is 4.75. The summed E-state index contributed by atoms with van der Waals surface area (Å²) >= 11 is 8.27. The summed E-state index contributed by atoms with van der Waals surface area (Å²) < 4.78 is 0. The van der Waals surface area contributed by atoms with Crippen molar-refractivity contribution < 1.29 is 21.1 Å². The molecule has 0 nitrogen and oxygen atoms in total. The Hall–Kier alpha value is 0.608. The van der Waals surface area contributed by atoms with E-state index in [-0.39, 0.29) is 21.1 Å². The van der Waals surface area contributed by atoms with E-state index in [0.717, 1.165) is 15.4 Å². The summed E-state index contributed by atoms with van der Waals surface area (Å²) in [5.41, 5.74) is 1.10. The van der Waals surface area contributed by atoms with Gasteiger partial charge in [-0.15, -0.1) is 0 Å². The molecule has 0 amide bonds. The molecule has 0 atom stereocenters. The molecule has 0 aliphatic heterocycles. The van der Waals surface area contributed by atoms with Gasteiger partial charge in [-0.3, -0.25) is 0 Å². The maximum atomic E-state index is 4.14. The van der Waals surface area contributed by atoms with Gasteiger partial charge in [-0.25, -0.2) is 12.6 Å². The Morgan fingerprint density at radius 3 is 2.30 bits per heavy atom. The Bertz CT molecular complexity index is 223. The van der Waals surface area contributed by atoms with E-state index >= 15 is 0 Å². The van der Waals surface area contributed by atoms with Gasteiger partial charge >= 0.3 is 0 Å². The molecule has 1 rings (SSSR count). The zero-order chi connectivity index (χ0) is 6.85. The summed E-state index contributed by atoms with van der Waals surface area (Å²) in [5, 5.41) is 0. The summed E-state index contributed by atoms with van der Waals surface area (Å²) in [6.07, 6.45) is 0. The van der Waals surface area contributed by atoms with Gasteiger partial charge in [0.05, 0.1) is 0 Å². The second-order valence-corrected chi connectivity index (χ2v) is 2.80. The molecule has 0 aromatic heterocycles. The van der Waals surface area contributed by atoms with Crippen molar-refractivity contribution >= 4 is 25.3 Å². The maximum absolute atomic E-state index is 4.14. The first kappa shape index (κ1) is 10.6. The summed E-state index contributed by atoms with van der Waals surface area (Å²) in [7, 11) is 0. The summed E-state index contributed by atoms with van der Waals surface area (Å²) in [6, 6.07) is 6.90. The van der Waals surface area contributed by atoms with Crippen LogP contribution in [0.4, 0.5) is 0 Å². The number of thiol groups is 2. The third-order valence-electron chi connectivity index (χ3n) is 1.05. The van der Waals surface area contributed by atoms with Gasteiger partial charge < -0.3 is 0 Å². The van der Waals surface area contributed by atoms with Gasteiger partial charge in [0.1, 0.15) is 0 Å². The van der Waals surface area contributed by atoms with Crippen LogP contribution in [0.2, 0.25) is 0 Å². The minimum atomic E-state index is 0. The molecule has 0 heterocycles. The van der Waals surface area contributed by atoms with E-state index in [1.54, 1.807) is 0 Å². The predicted molar refractivity (Wildman–Crippen MR) is 44.5 cm³/mol. The van der Waals surface area contributed by atoms with Crippen molar-refractivity contribution in [3.8, 4) is 0 Å². The second kappa shape index (κ2) is 4.48. The molecule has 0 aliphatic carbocycles. The molecule has 0 N–H and O–H groups in total. The zero-order valence-electron chi connectivity index (χ0n) is 5.46. The van der Waals surface area contributed by atoms with Crippen molar-refractivity contribution in [3.05, 3.63) is 23.8 Å². The van der Waals surface area contributed by atoms with E-state index in [1.807, 2.05) is 19.1 Å². The van der Waals surface area contributed by atoms with Crippen LogP contribution in [0.5, 0.6) is 0 Å². The van der Waals surface area contributed by atoms with Crippen molar-refractivity contribution in [3.63, 3.8) is 0 Å². The number of hydrogen-bond acceptors (Lipinski definition) is 2. The van der Waals surface area contributed by atoms with Crippen LogP contribution in [0, 0.1) is 13.0 Å². The Balaban J connectivity index is 0.000000810. The van der Waals surface area contributed by atoms with Crippen molar-refractivity contribution in [2.45, 2.75) is 16.7 Å². The average molecular weight is 339 g/mol. The third-order valence-corrected chi connectivity index (χ3v) is 1.95. The number of benzene rings is 1. The van der Waals surface area contributed by atoms with Gasteiger partial charge in [-0.1, -0.05) is 16.7 Å². The van der Waals surface area contributed by atoms with E-state index in [0.29, 0.717) is 0 Å². The molecule has 0 radical (unpaired) electrons. The minimum absolute atomic E-state index is 0. The monoisotopic (exact) mass is 339 g/mol. The van der Waals surface area contributed by atoms with Crippen LogP contribution in [0.1, 0.15) is 5.56 Å². The van der Waals surface area contributed by atoms with Crippen LogP contribution in [0.15, 0.2) is 21.9 Å². The van der Waals surface area contributed by atoms with Crippen LogP contribution >= 0.6 is 25.3 Å². The van der Waals surface area contributed by atoms with Gasteiger partial charge in [-0.05, 0) is 0 Å². The van der Waals surface area contributed by atoms with Gasteiger partial charge in [0.25, 0.3) is 0 Å². The average Bonchev–Trinajstić information content (AvgIpc) is 1.80. The second-order valence-electron chi connectivity index (χ2n) is 1.88. The molecule has 54 valence electrons. The molecule has 1 aromatic rings. The van der Waals surface area contributed by atoms with Crippen LogP contribution in [0.3, 0.4) is 0 Å². The van der Waals surface area contributed by atoms with E-state index in [1.165, 1.54) is 0 Å². The van der Waals surface area contributed by atoms with Crippen molar-refractivity contribution in [2.75, 3.05) is 0 Å². The van der Waals surface area contributed by atoms with E-state index < -0.39 is 0 Å². The normalized spacial score (nSPS) is 8.70. The molecule has 10 heavy (non-hydrogen) atoms. The smallest absolute Gasteiger partial charge is 0 e. The summed E-state index contributed by atoms with van der Waals surface area (Å²) in [4.78, 5) is 1.70. The van der Waals surface area contributed by atoms with Gasteiger partial charge in [0.2, 0.25) is 0 Å². The van der Waals surface area contributed by atoms with E-state index in [9.17, 15) is 0 Å². The van der Waals surface area contributed by atoms with E-state index in [2.05, 4.69) is 31.3 Å². The molecule has 0 saturated heterocycles. The Labute approximate surface area is 86.5 Å². The molecule has 0 spiro atoms. The summed E-state index contributed by atoms with van der Waals surface area (Å²) in [5.74, 6) is 0. The molecule has 0 saturated carbocycles. The maximum Gasteiger partial charge on any atom is 0 e. The fraction of sp³-hybridized carbons (Fsp3) is 0.143.